The third-order valence-electron chi connectivity index (χ3n) is 7.97. The number of morpholine rings is 1. The van der Waals surface area contributed by atoms with Gasteiger partial charge >= 0.3 is 0 Å². The van der Waals surface area contributed by atoms with E-state index in [1.165, 1.54) is 7.11 Å². The standard InChI is InChI=1S/C25H35N7O4S/c1-35-22-16-19(37(33,34)32-10-7-18(8-11-32)31-12-14-36-15-13-31)4-5-21(22)28-24-29-23-20(6-9-27-23)25(26,30-24)17-2-3-17/h4-6,9,16-18,27H,2-3,7-8,10-15,26H2,1H3,(H2,28,29,30). The molecule has 3 aliphatic heterocycles. The maximum atomic E-state index is 13.5. The lowest BCUT2D eigenvalue weighted by Crippen LogP contribution is -2.50. The Balaban J connectivity index is 1.18. The highest BCUT2D eigenvalue weighted by Crippen LogP contribution is 2.48. The normalized spacial score (nSPS) is 25.7. The van der Waals surface area contributed by atoms with E-state index >= 15 is 0 Å². The molecule has 2 aromatic rings. The second kappa shape index (κ2) is 9.59. The van der Waals surface area contributed by atoms with Crippen LogP contribution in [0.3, 0.4) is 0 Å². The molecule has 200 valence electrons. The number of methoxy groups -OCH3 is 1. The fourth-order valence-electron chi connectivity index (χ4n) is 5.69. The molecule has 0 radical (unpaired) electrons. The van der Waals surface area contributed by atoms with Crippen LogP contribution in [0, 0.1) is 5.92 Å². The van der Waals surface area contributed by atoms with Crippen LogP contribution in [-0.4, -0.2) is 81.1 Å². The summed E-state index contributed by atoms with van der Waals surface area (Å²) in [6.45, 7) is 4.34. The van der Waals surface area contributed by atoms with Gasteiger partial charge < -0.3 is 30.8 Å². The highest BCUT2D eigenvalue weighted by atomic mass is 32.2. The minimum atomic E-state index is -3.64. The molecule has 1 atom stereocenters. The molecule has 1 saturated carbocycles. The van der Waals surface area contributed by atoms with Crippen LogP contribution in [0.4, 0.5) is 11.5 Å². The molecule has 37 heavy (non-hydrogen) atoms. The van der Waals surface area contributed by atoms with Gasteiger partial charge in [-0.05, 0) is 43.9 Å². The van der Waals surface area contributed by atoms with Crippen molar-refractivity contribution >= 4 is 27.5 Å². The van der Waals surface area contributed by atoms with Crippen LogP contribution < -0.4 is 21.1 Å². The quantitative estimate of drug-likeness (QED) is 0.446. The summed E-state index contributed by atoms with van der Waals surface area (Å²) in [5.74, 6) is 2.01. The molecule has 1 aliphatic carbocycles. The second-order valence-corrected chi connectivity index (χ2v) is 12.2. The van der Waals surface area contributed by atoms with Crippen molar-refractivity contribution in [1.82, 2.24) is 14.2 Å². The van der Waals surface area contributed by atoms with E-state index in [0.717, 1.165) is 63.4 Å². The number of nitrogens with zero attached hydrogens (tertiary/aromatic N) is 3. The summed E-state index contributed by atoms with van der Waals surface area (Å²) >= 11 is 0. The number of aromatic amines is 1. The molecule has 4 aliphatic rings. The lowest BCUT2D eigenvalue weighted by molar-refractivity contribution is 0.00610. The molecule has 0 amide bonds. The highest BCUT2D eigenvalue weighted by molar-refractivity contribution is 7.89. The number of aromatic nitrogens is 1. The van der Waals surface area contributed by atoms with E-state index in [1.807, 2.05) is 12.3 Å². The highest BCUT2D eigenvalue weighted by Gasteiger charge is 2.47. The lowest BCUT2D eigenvalue weighted by atomic mass is 9.96. The SMILES string of the molecule is COc1cc(S(=O)(=O)N2CCC(N3CCOCC3)CC2)ccc1NC1=NC(N)(C2CC2)c2cc[nH]c2N1. The molecule has 4 heterocycles. The first kappa shape index (κ1) is 24.7. The molecule has 0 spiro atoms. The summed E-state index contributed by atoms with van der Waals surface area (Å²) < 4.78 is 39.6. The summed E-state index contributed by atoms with van der Waals surface area (Å²) in [6, 6.07) is 7.28. The fourth-order valence-corrected chi connectivity index (χ4v) is 7.18. The van der Waals surface area contributed by atoms with E-state index in [-0.39, 0.29) is 4.90 Å². The van der Waals surface area contributed by atoms with Crippen molar-refractivity contribution in [3.8, 4) is 5.75 Å². The van der Waals surface area contributed by atoms with E-state index < -0.39 is 15.7 Å². The molecule has 2 saturated heterocycles. The van der Waals surface area contributed by atoms with Gasteiger partial charge in [-0.2, -0.15) is 4.31 Å². The van der Waals surface area contributed by atoms with E-state index in [4.69, 9.17) is 20.2 Å². The maximum absolute atomic E-state index is 13.5. The zero-order valence-corrected chi connectivity index (χ0v) is 21.9. The molecule has 5 N–H and O–H groups in total. The van der Waals surface area contributed by atoms with Crippen molar-refractivity contribution < 1.29 is 17.9 Å². The van der Waals surface area contributed by atoms with Crippen LogP contribution in [0.15, 0.2) is 40.4 Å². The summed E-state index contributed by atoms with van der Waals surface area (Å²) in [7, 11) is -2.11. The number of benzene rings is 1. The van der Waals surface area contributed by atoms with Crippen LogP contribution in [0.1, 0.15) is 31.2 Å². The van der Waals surface area contributed by atoms with E-state index in [2.05, 4.69) is 20.5 Å². The Hall–Kier alpha value is -2.64. The number of piperidine rings is 1. The van der Waals surface area contributed by atoms with Crippen LogP contribution >= 0.6 is 0 Å². The van der Waals surface area contributed by atoms with Crippen molar-refractivity contribution in [2.75, 3.05) is 57.1 Å². The Labute approximate surface area is 217 Å². The molecule has 0 bridgehead atoms. The van der Waals surface area contributed by atoms with Crippen molar-refractivity contribution in [2.45, 2.75) is 42.3 Å². The van der Waals surface area contributed by atoms with Crippen molar-refractivity contribution in [1.29, 1.82) is 0 Å². The Kier molecular flexibility index (Phi) is 6.40. The van der Waals surface area contributed by atoms with Gasteiger partial charge in [0.1, 0.15) is 17.2 Å². The van der Waals surface area contributed by atoms with Crippen LogP contribution in [0.25, 0.3) is 0 Å². The molecule has 1 aromatic heterocycles. The fraction of sp³-hybridized carbons (Fsp3) is 0.560. The number of H-pyrrole nitrogens is 1. The van der Waals surface area contributed by atoms with Gasteiger partial charge in [-0.1, -0.05) is 0 Å². The molecular formula is C25H35N7O4S. The first-order valence-corrected chi connectivity index (χ1v) is 14.4. The van der Waals surface area contributed by atoms with E-state index in [1.54, 1.807) is 22.5 Å². The van der Waals surface area contributed by atoms with Gasteiger partial charge in [0, 0.05) is 56.0 Å². The second-order valence-electron chi connectivity index (χ2n) is 10.2. The number of fused-ring (bicyclic) bond motifs is 1. The van der Waals surface area contributed by atoms with Gasteiger partial charge in [-0.15, -0.1) is 0 Å². The average Bonchev–Trinajstić information content (AvgIpc) is 3.68. The van der Waals surface area contributed by atoms with Crippen molar-refractivity contribution in [3.05, 3.63) is 36.0 Å². The molecule has 12 heteroatoms. The van der Waals surface area contributed by atoms with Crippen molar-refractivity contribution in [2.24, 2.45) is 16.6 Å². The molecule has 1 aromatic carbocycles. The summed E-state index contributed by atoms with van der Waals surface area (Å²) in [5, 5.41) is 6.51. The molecular weight excluding hydrogens is 494 g/mol. The lowest BCUT2D eigenvalue weighted by Gasteiger charge is -2.39. The monoisotopic (exact) mass is 529 g/mol. The Morgan fingerprint density at radius 1 is 1.14 bits per heavy atom. The number of hydrogen-bond acceptors (Lipinski definition) is 9. The van der Waals surface area contributed by atoms with Crippen molar-refractivity contribution in [3.63, 3.8) is 0 Å². The molecule has 3 fully saturated rings. The molecule has 11 nitrogen and oxygen atoms in total. The Morgan fingerprint density at radius 2 is 1.89 bits per heavy atom. The number of hydrogen-bond donors (Lipinski definition) is 4. The number of rotatable bonds is 6. The number of ether oxygens (including phenoxy) is 2. The third-order valence-corrected chi connectivity index (χ3v) is 9.86. The van der Waals surface area contributed by atoms with Gasteiger partial charge in [-0.3, -0.25) is 4.90 Å². The van der Waals surface area contributed by atoms with E-state index in [0.29, 0.717) is 42.4 Å². The third kappa shape index (κ3) is 4.61. The summed E-state index contributed by atoms with van der Waals surface area (Å²) in [4.78, 5) is 10.6. The smallest absolute Gasteiger partial charge is 0.243 e. The topological polar surface area (TPSA) is 137 Å². The van der Waals surface area contributed by atoms with Crippen LogP contribution in [0.2, 0.25) is 0 Å². The van der Waals surface area contributed by atoms with Gasteiger partial charge in [-0.25, -0.2) is 13.4 Å². The van der Waals surface area contributed by atoms with Gasteiger partial charge in [0.05, 0.1) is 30.9 Å². The zero-order chi connectivity index (χ0) is 25.6. The Bertz CT molecular complexity index is 1280. The number of anilines is 2. The van der Waals surface area contributed by atoms with E-state index in [9.17, 15) is 8.42 Å². The largest absolute Gasteiger partial charge is 0.495 e. The summed E-state index contributed by atoms with van der Waals surface area (Å²) in [5.41, 5.74) is 7.50. The minimum Gasteiger partial charge on any atom is -0.495 e. The first-order chi connectivity index (χ1) is 17.9. The molecule has 1 unspecified atom stereocenters. The molecule has 6 rings (SSSR count). The van der Waals surface area contributed by atoms with Crippen LogP contribution in [0.5, 0.6) is 5.75 Å². The first-order valence-electron chi connectivity index (χ1n) is 13.0. The maximum Gasteiger partial charge on any atom is 0.243 e. The van der Waals surface area contributed by atoms with Gasteiger partial charge in [0.2, 0.25) is 16.0 Å². The van der Waals surface area contributed by atoms with Gasteiger partial charge in [0.15, 0.2) is 0 Å². The minimum absolute atomic E-state index is 0.219. The summed E-state index contributed by atoms with van der Waals surface area (Å²) in [6.07, 6.45) is 5.58. The number of nitrogens with two attached hydrogens (primary N) is 1. The van der Waals surface area contributed by atoms with Crippen LogP contribution in [-0.2, 0) is 20.4 Å². The number of aliphatic imine (C=N–C) groups is 1. The number of sulfonamides is 1. The predicted octanol–water partition coefficient (Wildman–Crippen LogP) is 1.92. The average molecular weight is 530 g/mol. The predicted molar refractivity (Wildman–Crippen MR) is 141 cm³/mol. The number of guanidine groups is 1. The van der Waals surface area contributed by atoms with Gasteiger partial charge in [0.25, 0.3) is 0 Å². The zero-order valence-electron chi connectivity index (χ0n) is 21.1. The Morgan fingerprint density at radius 3 is 2.59 bits per heavy atom. The number of nitrogens with one attached hydrogen (secondary N) is 3.